The molecule has 1 saturated heterocycles. The summed E-state index contributed by atoms with van der Waals surface area (Å²) in [6, 6.07) is 5.50. The topological polar surface area (TPSA) is 96.2 Å². The SMILES string of the molecule is Cc1cccc2c(=O)n(CCC(=O)NCC3CNCC3O)cnc12.Cl. The van der Waals surface area contributed by atoms with Gasteiger partial charge in [-0.25, -0.2) is 4.98 Å². The standard InChI is InChI=1S/C17H22N4O3.ClH/c1-11-3-2-4-13-16(11)20-10-21(17(13)24)6-5-15(23)19-8-12-7-18-9-14(12)22;/h2-4,10,12,14,18,22H,5-9H2,1H3,(H,19,23);1H. The number of halogens is 1. The van der Waals surface area contributed by atoms with Crippen molar-refractivity contribution in [2.45, 2.75) is 26.0 Å². The zero-order valence-corrected chi connectivity index (χ0v) is 14.9. The molecule has 0 bridgehead atoms. The highest BCUT2D eigenvalue weighted by molar-refractivity contribution is 5.85. The van der Waals surface area contributed by atoms with Crippen LogP contribution in [-0.4, -0.2) is 46.3 Å². The van der Waals surface area contributed by atoms with Gasteiger partial charge in [-0.2, -0.15) is 0 Å². The van der Waals surface area contributed by atoms with Crippen molar-refractivity contribution in [3.63, 3.8) is 0 Å². The summed E-state index contributed by atoms with van der Waals surface area (Å²) < 4.78 is 1.47. The first kappa shape index (κ1) is 19.4. The quantitative estimate of drug-likeness (QED) is 0.703. The molecule has 0 aliphatic carbocycles. The van der Waals surface area contributed by atoms with Gasteiger partial charge in [-0.05, 0) is 18.6 Å². The van der Waals surface area contributed by atoms with Gasteiger partial charge in [-0.15, -0.1) is 12.4 Å². The molecule has 2 atom stereocenters. The number of aryl methyl sites for hydroxylation is 2. The summed E-state index contributed by atoms with van der Waals surface area (Å²) in [4.78, 5) is 28.7. The summed E-state index contributed by atoms with van der Waals surface area (Å²) in [7, 11) is 0. The first-order valence-corrected chi connectivity index (χ1v) is 8.16. The number of rotatable bonds is 5. The summed E-state index contributed by atoms with van der Waals surface area (Å²) in [5.41, 5.74) is 1.52. The number of aliphatic hydroxyl groups is 1. The lowest BCUT2D eigenvalue weighted by Crippen LogP contribution is -2.35. The van der Waals surface area contributed by atoms with Crippen molar-refractivity contribution < 1.29 is 9.90 Å². The monoisotopic (exact) mass is 366 g/mol. The minimum Gasteiger partial charge on any atom is -0.391 e. The summed E-state index contributed by atoms with van der Waals surface area (Å²) in [6.07, 6.45) is 1.28. The fourth-order valence-corrected chi connectivity index (χ4v) is 2.98. The fourth-order valence-electron chi connectivity index (χ4n) is 2.98. The van der Waals surface area contributed by atoms with E-state index in [0.717, 1.165) is 5.56 Å². The molecule has 1 aromatic heterocycles. The Kier molecular flexibility index (Phi) is 6.52. The molecule has 1 aliphatic rings. The van der Waals surface area contributed by atoms with Crippen LogP contribution in [0.15, 0.2) is 29.3 Å². The molecule has 1 aliphatic heterocycles. The minimum absolute atomic E-state index is 0. The zero-order chi connectivity index (χ0) is 17.1. The molecular weight excluding hydrogens is 344 g/mol. The summed E-state index contributed by atoms with van der Waals surface area (Å²) >= 11 is 0. The van der Waals surface area contributed by atoms with Crippen LogP contribution >= 0.6 is 12.4 Å². The molecule has 1 amide bonds. The third-order valence-electron chi connectivity index (χ3n) is 4.50. The third-order valence-corrected chi connectivity index (χ3v) is 4.50. The van der Waals surface area contributed by atoms with Gasteiger partial charge in [0.15, 0.2) is 0 Å². The van der Waals surface area contributed by atoms with Crippen molar-refractivity contribution >= 4 is 29.2 Å². The van der Waals surface area contributed by atoms with Gasteiger partial charge in [0.25, 0.3) is 5.56 Å². The predicted octanol–water partition coefficient (Wildman–Crippen LogP) is 0.213. The average molecular weight is 367 g/mol. The Bertz CT molecular complexity index is 808. The van der Waals surface area contributed by atoms with Gasteiger partial charge >= 0.3 is 0 Å². The van der Waals surface area contributed by atoms with Gasteiger partial charge < -0.3 is 15.7 Å². The molecule has 2 aromatic rings. The summed E-state index contributed by atoms with van der Waals surface area (Å²) in [6.45, 7) is 3.91. The molecule has 0 radical (unpaired) electrons. The first-order chi connectivity index (χ1) is 11.6. The van der Waals surface area contributed by atoms with Gasteiger partial charge in [0.05, 0.1) is 23.3 Å². The van der Waals surface area contributed by atoms with Crippen LogP contribution in [0.1, 0.15) is 12.0 Å². The van der Waals surface area contributed by atoms with Crippen molar-refractivity contribution in [3.8, 4) is 0 Å². The van der Waals surface area contributed by atoms with Crippen LogP contribution in [0.5, 0.6) is 0 Å². The summed E-state index contributed by atoms with van der Waals surface area (Å²) in [5, 5.41) is 16.2. The molecule has 136 valence electrons. The van der Waals surface area contributed by atoms with E-state index < -0.39 is 6.10 Å². The van der Waals surface area contributed by atoms with Crippen LogP contribution in [0.2, 0.25) is 0 Å². The number of carbonyl (C=O) groups is 1. The Morgan fingerprint density at radius 1 is 1.44 bits per heavy atom. The number of hydrogen-bond acceptors (Lipinski definition) is 5. The van der Waals surface area contributed by atoms with Crippen LogP contribution in [0, 0.1) is 12.8 Å². The molecule has 1 fully saturated rings. The molecule has 2 heterocycles. The highest BCUT2D eigenvalue weighted by Gasteiger charge is 2.24. The van der Waals surface area contributed by atoms with E-state index in [4.69, 9.17) is 0 Å². The normalized spacial score (nSPS) is 19.6. The number of aliphatic hydroxyl groups excluding tert-OH is 1. The van der Waals surface area contributed by atoms with Crippen molar-refractivity contribution in [2.24, 2.45) is 5.92 Å². The van der Waals surface area contributed by atoms with Gasteiger partial charge in [0.2, 0.25) is 5.91 Å². The molecule has 1 aromatic carbocycles. The maximum atomic E-state index is 12.5. The van der Waals surface area contributed by atoms with E-state index in [1.807, 2.05) is 19.1 Å². The molecule has 3 rings (SSSR count). The smallest absolute Gasteiger partial charge is 0.261 e. The lowest BCUT2D eigenvalue weighted by atomic mass is 10.1. The van der Waals surface area contributed by atoms with E-state index in [9.17, 15) is 14.7 Å². The van der Waals surface area contributed by atoms with Crippen molar-refractivity contribution in [3.05, 3.63) is 40.4 Å². The summed E-state index contributed by atoms with van der Waals surface area (Å²) in [5.74, 6) is -0.0904. The van der Waals surface area contributed by atoms with E-state index in [0.29, 0.717) is 30.5 Å². The third kappa shape index (κ3) is 4.36. The van der Waals surface area contributed by atoms with Gasteiger partial charge in [0.1, 0.15) is 0 Å². The van der Waals surface area contributed by atoms with Gasteiger partial charge in [-0.1, -0.05) is 12.1 Å². The van der Waals surface area contributed by atoms with E-state index in [2.05, 4.69) is 15.6 Å². The molecule has 0 saturated carbocycles. The lowest BCUT2D eigenvalue weighted by molar-refractivity contribution is -0.121. The number of nitrogens with one attached hydrogen (secondary N) is 2. The van der Waals surface area contributed by atoms with Crippen molar-refractivity contribution in [1.82, 2.24) is 20.2 Å². The van der Waals surface area contributed by atoms with Crippen LogP contribution in [-0.2, 0) is 11.3 Å². The number of nitrogens with zero attached hydrogens (tertiary/aromatic N) is 2. The first-order valence-electron chi connectivity index (χ1n) is 8.16. The highest BCUT2D eigenvalue weighted by atomic mass is 35.5. The molecule has 3 N–H and O–H groups in total. The largest absolute Gasteiger partial charge is 0.391 e. The van der Waals surface area contributed by atoms with Crippen molar-refractivity contribution in [1.29, 1.82) is 0 Å². The van der Waals surface area contributed by atoms with Crippen LogP contribution in [0.3, 0.4) is 0 Å². The van der Waals surface area contributed by atoms with E-state index in [-0.39, 0.29) is 42.8 Å². The van der Waals surface area contributed by atoms with Crippen LogP contribution < -0.4 is 16.2 Å². The minimum atomic E-state index is -0.416. The second-order valence-corrected chi connectivity index (χ2v) is 6.25. The van der Waals surface area contributed by atoms with Crippen LogP contribution in [0.4, 0.5) is 0 Å². The Labute approximate surface area is 151 Å². The van der Waals surface area contributed by atoms with Crippen LogP contribution in [0.25, 0.3) is 10.9 Å². The number of fused-ring (bicyclic) bond motifs is 1. The fraction of sp³-hybridized carbons (Fsp3) is 0.471. The Morgan fingerprint density at radius 3 is 2.96 bits per heavy atom. The predicted molar refractivity (Wildman–Crippen MR) is 98.0 cm³/mol. The van der Waals surface area contributed by atoms with Crippen molar-refractivity contribution in [2.75, 3.05) is 19.6 Å². The average Bonchev–Trinajstić information content (AvgIpc) is 2.98. The number of para-hydroxylation sites is 1. The number of amides is 1. The second-order valence-electron chi connectivity index (χ2n) is 6.25. The van der Waals surface area contributed by atoms with Gasteiger partial charge in [-0.3, -0.25) is 14.2 Å². The molecule has 25 heavy (non-hydrogen) atoms. The second kappa shape index (κ2) is 8.42. The highest BCUT2D eigenvalue weighted by Crippen LogP contribution is 2.11. The number of β-amino-alcohol motifs (C(OH)–C–C–N with tert-alkyl or cyclic N) is 1. The molecule has 7 nitrogen and oxygen atoms in total. The molecular formula is C17H23ClN4O3. The Hall–Kier alpha value is -1.96. The van der Waals surface area contributed by atoms with E-state index in [1.165, 1.54) is 10.9 Å². The Morgan fingerprint density at radius 2 is 2.24 bits per heavy atom. The van der Waals surface area contributed by atoms with E-state index in [1.54, 1.807) is 6.07 Å². The maximum absolute atomic E-state index is 12.5. The number of hydrogen-bond donors (Lipinski definition) is 3. The zero-order valence-electron chi connectivity index (χ0n) is 14.1. The molecule has 2 unspecified atom stereocenters. The molecule has 0 spiro atoms. The number of benzene rings is 1. The number of carbonyl (C=O) groups excluding carboxylic acids is 1. The number of aromatic nitrogens is 2. The van der Waals surface area contributed by atoms with E-state index >= 15 is 0 Å². The maximum Gasteiger partial charge on any atom is 0.261 e. The molecule has 8 heteroatoms. The Balaban J connectivity index is 0.00000225. The lowest BCUT2D eigenvalue weighted by Gasteiger charge is -2.14. The van der Waals surface area contributed by atoms with Gasteiger partial charge in [0, 0.05) is 38.5 Å².